The summed E-state index contributed by atoms with van der Waals surface area (Å²) in [5.74, 6) is -3.36. The Hall–Kier alpha value is -0.830. The predicted octanol–water partition coefficient (Wildman–Crippen LogP) is 3.49. The first-order chi connectivity index (χ1) is 10.6. The summed E-state index contributed by atoms with van der Waals surface area (Å²) in [7, 11) is -4.90. The summed E-state index contributed by atoms with van der Waals surface area (Å²) < 4.78 is 72.8. The van der Waals surface area contributed by atoms with E-state index in [1.165, 1.54) is 0 Å². The van der Waals surface area contributed by atoms with Crippen molar-refractivity contribution >= 4 is 16.1 Å². The Labute approximate surface area is 134 Å². The summed E-state index contributed by atoms with van der Waals surface area (Å²) >= 11 is 0. The third-order valence-corrected chi connectivity index (χ3v) is 4.65. The summed E-state index contributed by atoms with van der Waals surface area (Å²) in [6, 6.07) is 0. The molecule has 9 heteroatoms. The Morgan fingerprint density at radius 3 is 1.87 bits per heavy atom. The highest BCUT2D eigenvalue weighted by molar-refractivity contribution is 7.85. The van der Waals surface area contributed by atoms with Crippen LogP contribution in [0.4, 0.5) is 13.2 Å². The van der Waals surface area contributed by atoms with Crippen LogP contribution in [0.1, 0.15) is 57.8 Å². The molecule has 1 saturated carbocycles. The van der Waals surface area contributed by atoms with Gasteiger partial charge in [-0.2, -0.15) is 21.6 Å². The zero-order valence-electron chi connectivity index (χ0n) is 12.8. The zero-order chi connectivity index (χ0) is 17.5. The molecule has 0 aromatic carbocycles. The Bertz CT molecular complexity index is 465. The summed E-state index contributed by atoms with van der Waals surface area (Å²) in [4.78, 5) is 12.0. The van der Waals surface area contributed by atoms with E-state index in [4.69, 9.17) is 4.55 Å². The zero-order valence-corrected chi connectivity index (χ0v) is 13.7. The summed E-state index contributed by atoms with van der Waals surface area (Å²) in [6.45, 7) is 0. The number of rotatable bonds is 4. The number of carbonyl (C=O) groups excluding carboxylic acids is 1. The van der Waals surface area contributed by atoms with E-state index in [2.05, 4.69) is 4.74 Å². The van der Waals surface area contributed by atoms with Crippen molar-refractivity contribution in [1.82, 2.24) is 0 Å². The number of carbonyl (C=O) groups is 1. The molecule has 0 radical (unpaired) electrons. The van der Waals surface area contributed by atoms with Gasteiger partial charge >= 0.3 is 12.1 Å². The van der Waals surface area contributed by atoms with E-state index >= 15 is 0 Å². The largest absolute Gasteiger partial charge is 0.451 e. The third kappa shape index (κ3) is 8.55. The molecule has 0 aliphatic heterocycles. The van der Waals surface area contributed by atoms with Crippen LogP contribution in [-0.2, 0) is 19.6 Å². The Kier molecular flexibility index (Phi) is 7.79. The van der Waals surface area contributed by atoms with Crippen molar-refractivity contribution in [1.29, 1.82) is 0 Å². The molecule has 0 bridgehead atoms. The lowest BCUT2D eigenvalue weighted by Gasteiger charge is -2.23. The summed E-state index contributed by atoms with van der Waals surface area (Å²) in [5, 5.41) is 0. The Balaban J connectivity index is 2.70. The molecule has 1 unspecified atom stereocenters. The molecule has 0 amide bonds. The van der Waals surface area contributed by atoms with Gasteiger partial charge in [0.1, 0.15) is 5.75 Å². The van der Waals surface area contributed by atoms with E-state index in [0.717, 1.165) is 44.9 Å². The van der Waals surface area contributed by atoms with Crippen LogP contribution in [0.5, 0.6) is 0 Å². The summed E-state index contributed by atoms with van der Waals surface area (Å²) in [6.07, 6.45) is -0.504. The van der Waals surface area contributed by atoms with E-state index in [0.29, 0.717) is 12.8 Å². The van der Waals surface area contributed by atoms with Crippen molar-refractivity contribution in [2.24, 2.45) is 5.92 Å². The quantitative estimate of drug-likeness (QED) is 0.613. The van der Waals surface area contributed by atoms with Gasteiger partial charge in [0.15, 0.2) is 0 Å². The second kappa shape index (κ2) is 8.86. The highest BCUT2D eigenvalue weighted by Crippen LogP contribution is 2.28. The smallest absolute Gasteiger partial charge is 0.426 e. The summed E-state index contributed by atoms with van der Waals surface area (Å²) in [5.41, 5.74) is 0. The number of halogens is 3. The molecule has 136 valence electrons. The lowest BCUT2D eigenvalue weighted by molar-refractivity contribution is -0.217. The van der Waals surface area contributed by atoms with Gasteiger partial charge in [0, 0.05) is 0 Å². The maximum absolute atomic E-state index is 12.8. The standard InChI is InChI=1S/C14H23F3O5S/c15-14(16,17)12(10-23(19,20)21)22-13(18)11-8-6-4-2-1-3-5-7-9-11/h11-12H,1-10H2,(H,19,20,21). The van der Waals surface area contributed by atoms with E-state index in [1.54, 1.807) is 0 Å². The van der Waals surface area contributed by atoms with Gasteiger partial charge < -0.3 is 4.74 Å². The number of hydrogen-bond donors (Lipinski definition) is 1. The lowest BCUT2D eigenvalue weighted by atomic mass is 9.92. The van der Waals surface area contributed by atoms with Crippen LogP contribution in [0.15, 0.2) is 0 Å². The van der Waals surface area contributed by atoms with Gasteiger partial charge in [0.05, 0.1) is 5.92 Å². The average Bonchev–Trinajstić information content (AvgIpc) is 2.41. The van der Waals surface area contributed by atoms with Gasteiger partial charge in [-0.15, -0.1) is 0 Å². The highest BCUT2D eigenvalue weighted by atomic mass is 32.2. The van der Waals surface area contributed by atoms with Crippen molar-refractivity contribution in [2.75, 3.05) is 5.75 Å². The maximum atomic E-state index is 12.8. The van der Waals surface area contributed by atoms with Gasteiger partial charge in [-0.3, -0.25) is 9.35 Å². The van der Waals surface area contributed by atoms with E-state index in [1.807, 2.05) is 0 Å². The maximum Gasteiger partial charge on any atom is 0.426 e. The van der Waals surface area contributed by atoms with Gasteiger partial charge in [-0.25, -0.2) is 0 Å². The number of alkyl halides is 3. The van der Waals surface area contributed by atoms with Crippen LogP contribution >= 0.6 is 0 Å². The first-order valence-corrected chi connectivity index (χ1v) is 9.43. The SMILES string of the molecule is O=C(OC(CS(=O)(=O)O)C(F)(F)F)C1CCCCCCCCC1. The number of esters is 1. The Morgan fingerprint density at radius 1 is 1.04 bits per heavy atom. The second-order valence-electron chi connectivity index (χ2n) is 5.96. The molecular formula is C14H23F3O5S. The third-order valence-electron chi connectivity index (χ3n) is 3.92. The fourth-order valence-corrected chi connectivity index (χ4v) is 3.31. The van der Waals surface area contributed by atoms with Crippen molar-refractivity contribution in [2.45, 2.75) is 70.1 Å². The molecule has 1 aliphatic carbocycles. The van der Waals surface area contributed by atoms with Crippen molar-refractivity contribution < 1.29 is 35.7 Å². The minimum Gasteiger partial charge on any atom is -0.451 e. The molecule has 0 heterocycles. The molecule has 0 aromatic rings. The fraction of sp³-hybridized carbons (Fsp3) is 0.929. The predicted molar refractivity (Wildman–Crippen MR) is 77.4 cm³/mol. The van der Waals surface area contributed by atoms with Crippen LogP contribution in [0.25, 0.3) is 0 Å². The van der Waals surface area contributed by atoms with Crippen LogP contribution in [0.3, 0.4) is 0 Å². The second-order valence-corrected chi connectivity index (χ2v) is 7.46. The molecule has 23 heavy (non-hydrogen) atoms. The molecule has 0 saturated heterocycles. The molecule has 1 N–H and O–H groups in total. The van der Waals surface area contributed by atoms with Crippen LogP contribution in [-0.4, -0.2) is 37.0 Å². The van der Waals surface area contributed by atoms with Crippen molar-refractivity contribution in [3.05, 3.63) is 0 Å². The minimum absolute atomic E-state index is 0.440. The first kappa shape index (κ1) is 20.2. The van der Waals surface area contributed by atoms with Crippen molar-refractivity contribution in [3.8, 4) is 0 Å². The average molecular weight is 360 g/mol. The van der Waals surface area contributed by atoms with E-state index < -0.39 is 40.0 Å². The molecule has 1 rings (SSSR count). The van der Waals surface area contributed by atoms with Crippen LogP contribution in [0.2, 0.25) is 0 Å². The molecule has 0 spiro atoms. The molecule has 0 aromatic heterocycles. The van der Waals surface area contributed by atoms with Gasteiger partial charge in [-0.1, -0.05) is 44.9 Å². The molecular weight excluding hydrogens is 337 g/mol. The number of ether oxygens (including phenoxy) is 1. The van der Waals surface area contributed by atoms with Gasteiger partial charge in [0.2, 0.25) is 6.10 Å². The van der Waals surface area contributed by atoms with Crippen LogP contribution < -0.4 is 0 Å². The fourth-order valence-electron chi connectivity index (χ4n) is 2.67. The van der Waals surface area contributed by atoms with E-state index in [9.17, 15) is 26.4 Å². The molecule has 1 aliphatic rings. The van der Waals surface area contributed by atoms with Crippen LogP contribution in [0, 0.1) is 5.92 Å². The molecule has 5 nitrogen and oxygen atoms in total. The van der Waals surface area contributed by atoms with Gasteiger partial charge in [-0.05, 0) is 12.8 Å². The first-order valence-electron chi connectivity index (χ1n) is 7.82. The topological polar surface area (TPSA) is 80.7 Å². The van der Waals surface area contributed by atoms with Crippen molar-refractivity contribution in [3.63, 3.8) is 0 Å². The molecule has 1 atom stereocenters. The molecule has 1 fully saturated rings. The lowest BCUT2D eigenvalue weighted by Crippen LogP contribution is -2.40. The van der Waals surface area contributed by atoms with Gasteiger partial charge in [0.25, 0.3) is 10.1 Å². The number of hydrogen-bond acceptors (Lipinski definition) is 4. The minimum atomic E-state index is -5.04. The normalized spacial score (nSPS) is 20.7. The Morgan fingerprint density at radius 2 is 1.48 bits per heavy atom. The highest BCUT2D eigenvalue weighted by Gasteiger charge is 2.46. The monoisotopic (exact) mass is 360 g/mol. The van der Waals surface area contributed by atoms with E-state index in [-0.39, 0.29) is 0 Å².